The van der Waals surface area contributed by atoms with Crippen LogP contribution in [0.1, 0.15) is 51.3 Å². The van der Waals surface area contributed by atoms with Crippen LogP contribution in [0.25, 0.3) is 54.7 Å². The lowest BCUT2D eigenvalue weighted by Gasteiger charge is -2.24. The molecule has 0 spiro atoms. The molecule has 37 heavy (non-hydrogen) atoms. The average Bonchev–Trinajstić information content (AvgIpc) is 3.12. The first-order valence-electron chi connectivity index (χ1n) is 13.2. The average molecular weight is 478 g/mol. The Kier molecular flexibility index (Phi) is 4.52. The zero-order chi connectivity index (χ0) is 25.5. The summed E-state index contributed by atoms with van der Waals surface area (Å²) in [7, 11) is 0. The largest absolute Gasteiger partial charge is 0.256 e. The number of hydrogen-bond acceptors (Lipinski definition) is 1. The molecule has 0 fully saturated rings. The van der Waals surface area contributed by atoms with Gasteiger partial charge in [-0.05, 0) is 89.8 Å². The summed E-state index contributed by atoms with van der Waals surface area (Å²) in [5.74, 6) is 0. The van der Waals surface area contributed by atoms with Crippen LogP contribution in [-0.4, -0.2) is 4.98 Å². The van der Waals surface area contributed by atoms with Crippen molar-refractivity contribution in [2.24, 2.45) is 0 Å². The standard InChI is InChI=1S/C36H31N/c1-35(2,3)27-14-15-28-25(18-27)12-10-22-11-13-26(20-30(22)28)34-33-29(16-17-37-34)31-19-23-8-6-7-9-24(23)21-32(31)36(33,4)5/h6-21H,1-5H3. The van der Waals surface area contributed by atoms with E-state index >= 15 is 0 Å². The van der Waals surface area contributed by atoms with Crippen LogP contribution in [0.5, 0.6) is 0 Å². The van der Waals surface area contributed by atoms with E-state index in [1.165, 1.54) is 65.7 Å². The normalized spacial score (nSPS) is 14.3. The molecule has 0 amide bonds. The molecule has 180 valence electrons. The summed E-state index contributed by atoms with van der Waals surface area (Å²) in [4.78, 5) is 5.00. The molecule has 0 saturated carbocycles. The highest BCUT2D eigenvalue weighted by atomic mass is 14.7. The van der Waals surface area contributed by atoms with Gasteiger partial charge in [-0.15, -0.1) is 0 Å². The zero-order valence-corrected chi connectivity index (χ0v) is 22.2. The summed E-state index contributed by atoms with van der Waals surface area (Å²) in [5.41, 5.74) is 9.00. The van der Waals surface area contributed by atoms with Gasteiger partial charge in [0.2, 0.25) is 0 Å². The van der Waals surface area contributed by atoms with E-state index in [1.807, 2.05) is 6.20 Å². The minimum Gasteiger partial charge on any atom is -0.256 e. The topological polar surface area (TPSA) is 12.9 Å². The van der Waals surface area contributed by atoms with E-state index in [4.69, 9.17) is 4.98 Å². The lowest BCUT2D eigenvalue weighted by atomic mass is 9.80. The van der Waals surface area contributed by atoms with Crippen molar-refractivity contribution in [1.29, 1.82) is 0 Å². The second-order valence-electron chi connectivity index (χ2n) is 12.1. The molecule has 7 rings (SSSR count). The zero-order valence-electron chi connectivity index (χ0n) is 22.2. The molecule has 0 atom stereocenters. The fourth-order valence-electron chi connectivity index (χ4n) is 6.33. The van der Waals surface area contributed by atoms with Crippen LogP contribution in [0.2, 0.25) is 0 Å². The molecule has 1 aliphatic carbocycles. The maximum Gasteiger partial charge on any atom is 0.0749 e. The fraction of sp³-hybridized carbons (Fsp3) is 0.194. The van der Waals surface area contributed by atoms with E-state index in [0.29, 0.717) is 0 Å². The third-order valence-corrected chi connectivity index (χ3v) is 8.40. The van der Waals surface area contributed by atoms with Crippen LogP contribution in [0.3, 0.4) is 0 Å². The predicted molar refractivity (Wildman–Crippen MR) is 158 cm³/mol. The lowest BCUT2D eigenvalue weighted by molar-refractivity contribution is 0.591. The molecule has 1 heterocycles. The van der Waals surface area contributed by atoms with Crippen LogP contribution in [-0.2, 0) is 10.8 Å². The van der Waals surface area contributed by atoms with Crippen molar-refractivity contribution in [3.8, 4) is 22.4 Å². The van der Waals surface area contributed by atoms with Gasteiger partial charge in [-0.3, -0.25) is 4.98 Å². The monoisotopic (exact) mass is 477 g/mol. The van der Waals surface area contributed by atoms with Crippen molar-refractivity contribution in [2.45, 2.75) is 45.4 Å². The third kappa shape index (κ3) is 3.27. The van der Waals surface area contributed by atoms with E-state index in [9.17, 15) is 0 Å². The van der Waals surface area contributed by atoms with Crippen molar-refractivity contribution in [3.05, 3.63) is 114 Å². The van der Waals surface area contributed by atoms with Gasteiger partial charge >= 0.3 is 0 Å². The molecule has 0 bridgehead atoms. The number of aromatic nitrogens is 1. The molecule has 1 heteroatoms. The maximum atomic E-state index is 5.00. The first-order valence-corrected chi connectivity index (χ1v) is 13.2. The van der Waals surface area contributed by atoms with Gasteiger partial charge in [-0.1, -0.05) is 101 Å². The number of pyridine rings is 1. The van der Waals surface area contributed by atoms with Crippen molar-refractivity contribution < 1.29 is 0 Å². The van der Waals surface area contributed by atoms with E-state index in [0.717, 1.165) is 5.69 Å². The van der Waals surface area contributed by atoms with Gasteiger partial charge in [0, 0.05) is 17.2 Å². The summed E-state index contributed by atoms with van der Waals surface area (Å²) in [5, 5.41) is 7.73. The summed E-state index contributed by atoms with van der Waals surface area (Å²) >= 11 is 0. The number of nitrogens with zero attached hydrogens (tertiary/aromatic N) is 1. The number of benzene rings is 5. The second-order valence-corrected chi connectivity index (χ2v) is 12.1. The molecule has 6 aromatic rings. The quantitative estimate of drug-likeness (QED) is 0.215. The van der Waals surface area contributed by atoms with E-state index in [-0.39, 0.29) is 10.8 Å². The summed E-state index contributed by atoms with van der Waals surface area (Å²) in [6.07, 6.45) is 1.98. The van der Waals surface area contributed by atoms with Gasteiger partial charge in [0.1, 0.15) is 0 Å². The van der Waals surface area contributed by atoms with Crippen molar-refractivity contribution in [2.75, 3.05) is 0 Å². The van der Waals surface area contributed by atoms with Crippen LogP contribution in [0.15, 0.2) is 97.2 Å². The molecular formula is C36H31N. The molecule has 1 aliphatic rings. The smallest absolute Gasteiger partial charge is 0.0749 e. The Morgan fingerprint density at radius 3 is 2.14 bits per heavy atom. The highest BCUT2D eigenvalue weighted by molar-refractivity contribution is 6.09. The van der Waals surface area contributed by atoms with Gasteiger partial charge < -0.3 is 0 Å². The Labute approximate surface area is 218 Å². The minimum absolute atomic E-state index is 0.130. The molecule has 0 radical (unpaired) electrons. The second kappa shape index (κ2) is 7.52. The van der Waals surface area contributed by atoms with Crippen LogP contribution in [0.4, 0.5) is 0 Å². The highest BCUT2D eigenvalue weighted by Crippen LogP contribution is 2.52. The van der Waals surface area contributed by atoms with E-state index in [1.54, 1.807) is 0 Å². The first-order chi connectivity index (χ1) is 17.7. The van der Waals surface area contributed by atoms with E-state index in [2.05, 4.69) is 126 Å². The molecule has 1 aromatic heterocycles. The van der Waals surface area contributed by atoms with Crippen molar-refractivity contribution >= 4 is 32.3 Å². The van der Waals surface area contributed by atoms with Crippen molar-refractivity contribution in [1.82, 2.24) is 4.98 Å². The predicted octanol–water partition coefficient (Wildman–Crippen LogP) is 9.81. The maximum absolute atomic E-state index is 5.00. The van der Waals surface area contributed by atoms with Gasteiger partial charge in [-0.25, -0.2) is 0 Å². The van der Waals surface area contributed by atoms with Crippen LogP contribution >= 0.6 is 0 Å². The number of fused-ring (bicyclic) bond motifs is 7. The van der Waals surface area contributed by atoms with Gasteiger partial charge in [0.05, 0.1) is 5.69 Å². The Balaban J connectivity index is 1.45. The number of hydrogen-bond donors (Lipinski definition) is 0. The molecule has 0 saturated heterocycles. The van der Waals surface area contributed by atoms with Crippen LogP contribution < -0.4 is 0 Å². The number of rotatable bonds is 1. The summed E-state index contributed by atoms with van der Waals surface area (Å²) in [6.45, 7) is 11.5. The SMILES string of the molecule is CC(C)(C)c1ccc2c(ccc3ccc(-c4nccc5c4C(C)(C)c4cc6ccccc6cc4-5)cc32)c1. The summed E-state index contributed by atoms with van der Waals surface area (Å²) in [6, 6.07) is 33.9. The first kappa shape index (κ1) is 22.2. The van der Waals surface area contributed by atoms with Gasteiger partial charge in [-0.2, -0.15) is 0 Å². The molecule has 0 unspecified atom stereocenters. The summed E-state index contributed by atoms with van der Waals surface area (Å²) < 4.78 is 0. The third-order valence-electron chi connectivity index (χ3n) is 8.40. The van der Waals surface area contributed by atoms with Gasteiger partial charge in [0.25, 0.3) is 0 Å². The molecule has 5 aromatic carbocycles. The molecular weight excluding hydrogens is 446 g/mol. The lowest BCUT2D eigenvalue weighted by Crippen LogP contribution is -2.17. The Morgan fingerprint density at radius 2 is 1.35 bits per heavy atom. The molecule has 0 aliphatic heterocycles. The van der Waals surface area contributed by atoms with Crippen LogP contribution in [0, 0.1) is 0 Å². The minimum atomic E-state index is -0.131. The Bertz CT molecular complexity index is 1880. The Morgan fingerprint density at radius 1 is 0.622 bits per heavy atom. The molecule has 1 nitrogen and oxygen atoms in total. The Hall–Kier alpha value is -3.97. The van der Waals surface area contributed by atoms with Crippen molar-refractivity contribution in [3.63, 3.8) is 0 Å². The molecule has 0 N–H and O–H groups in total. The van der Waals surface area contributed by atoms with E-state index < -0.39 is 0 Å². The highest BCUT2D eigenvalue weighted by Gasteiger charge is 2.38. The van der Waals surface area contributed by atoms with Gasteiger partial charge in [0.15, 0.2) is 0 Å². The fourth-order valence-corrected chi connectivity index (χ4v) is 6.33.